The number of alkyl halides is 3. The van der Waals surface area contributed by atoms with Crippen LogP contribution >= 0.6 is 11.6 Å². The molecule has 1 rings (SSSR count). The summed E-state index contributed by atoms with van der Waals surface area (Å²) >= 11 is 5.50. The van der Waals surface area contributed by atoms with Crippen molar-refractivity contribution < 1.29 is 18.1 Å². The van der Waals surface area contributed by atoms with Gasteiger partial charge in [0.2, 0.25) is 0 Å². The summed E-state index contributed by atoms with van der Waals surface area (Å²) in [4.78, 5) is 13.0. The van der Waals surface area contributed by atoms with Crippen LogP contribution in [0.1, 0.15) is 16.8 Å². The monoisotopic (exact) mass is 269 g/mol. The molecular weight excluding hydrogens is 263 g/mol. The van der Waals surface area contributed by atoms with Crippen LogP contribution in [0.15, 0.2) is 0 Å². The minimum atomic E-state index is -4.91. The van der Waals surface area contributed by atoms with E-state index in [1.165, 1.54) is 0 Å². The van der Waals surface area contributed by atoms with Crippen LogP contribution in [0.3, 0.4) is 0 Å². The van der Waals surface area contributed by atoms with Crippen LogP contribution < -0.4 is 5.73 Å². The van der Waals surface area contributed by atoms with Gasteiger partial charge in [-0.2, -0.15) is 13.2 Å². The van der Waals surface area contributed by atoms with Gasteiger partial charge < -0.3 is 5.73 Å². The first-order valence-corrected chi connectivity index (χ1v) is 4.68. The Morgan fingerprint density at radius 1 is 1.53 bits per heavy atom. The number of halogens is 4. The largest absolute Gasteiger partial charge is 0.423 e. The van der Waals surface area contributed by atoms with E-state index in [-0.39, 0.29) is 0 Å². The molecule has 17 heavy (non-hydrogen) atoms. The van der Waals surface area contributed by atoms with E-state index in [9.17, 15) is 23.3 Å². The summed E-state index contributed by atoms with van der Waals surface area (Å²) < 4.78 is 38.3. The van der Waals surface area contributed by atoms with Crippen LogP contribution in [0.5, 0.6) is 0 Å². The number of nitro groups is 1. The van der Waals surface area contributed by atoms with E-state index < -0.39 is 45.3 Å². The molecule has 0 aromatic carbocycles. The first-order valence-electron chi connectivity index (χ1n) is 4.30. The third-order valence-corrected chi connectivity index (χ3v) is 2.38. The molecule has 5 nitrogen and oxygen atoms in total. The molecule has 1 aromatic rings. The zero-order valence-corrected chi connectivity index (χ0v) is 9.26. The lowest BCUT2D eigenvalue weighted by atomic mass is 10.1. The van der Waals surface area contributed by atoms with E-state index in [4.69, 9.17) is 17.3 Å². The molecule has 94 valence electrons. The second-order valence-corrected chi connectivity index (χ2v) is 3.51. The summed E-state index contributed by atoms with van der Waals surface area (Å²) in [6.07, 6.45) is -4.91. The smallest absolute Gasteiger partial charge is 0.326 e. The molecule has 1 heterocycles. The minimum Gasteiger partial charge on any atom is -0.326 e. The number of nitrogens with zero attached hydrogens (tertiary/aromatic N) is 2. The van der Waals surface area contributed by atoms with Gasteiger partial charge in [-0.1, -0.05) is 11.6 Å². The second-order valence-electron chi connectivity index (χ2n) is 3.15. The van der Waals surface area contributed by atoms with Crippen molar-refractivity contribution in [2.75, 3.05) is 0 Å². The highest BCUT2D eigenvalue weighted by atomic mass is 35.5. The van der Waals surface area contributed by atoms with Gasteiger partial charge in [-0.3, -0.25) is 10.1 Å². The van der Waals surface area contributed by atoms with E-state index in [1.807, 2.05) is 0 Å². The lowest BCUT2D eigenvalue weighted by Crippen LogP contribution is -2.17. The Morgan fingerprint density at radius 2 is 2.06 bits per heavy atom. The van der Waals surface area contributed by atoms with E-state index >= 15 is 0 Å². The van der Waals surface area contributed by atoms with Crippen LogP contribution in [0.4, 0.5) is 18.9 Å². The number of nitrogens with two attached hydrogens (primary N) is 1. The van der Waals surface area contributed by atoms with Gasteiger partial charge in [-0.15, -0.1) is 0 Å². The molecule has 0 bridgehead atoms. The summed E-state index contributed by atoms with van der Waals surface area (Å²) in [5.41, 5.74) is 1.61. The fraction of sp³-hybridized carbons (Fsp3) is 0.375. The summed E-state index contributed by atoms with van der Waals surface area (Å²) in [7, 11) is 0. The molecule has 0 aliphatic heterocycles. The van der Waals surface area contributed by atoms with Crippen molar-refractivity contribution in [3.05, 3.63) is 32.1 Å². The van der Waals surface area contributed by atoms with Gasteiger partial charge in [0.25, 0.3) is 0 Å². The van der Waals surface area contributed by atoms with Crippen LogP contribution in [-0.4, -0.2) is 9.91 Å². The molecule has 0 saturated heterocycles. The number of pyridine rings is 1. The van der Waals surface area contributed by atoms with E-state index in [1.54, 1.807) is 0 Å². The Kier molecular flexibility index (Phi) is 3.58. The van der Waals surface area contributed by atoms with Crippen molar-refractivity contribution in [1.29, 1.82) is 0 Å². The highest BCUT2D eigenvalue weighted by Crippen LogP contribution is 2.41. The molecule has 0 unspecified atom stereocenters. The Labute approximate surface area is 98.5 Å². The zero-order chi connectivity index (χ0) is 13.4. The van der Waals surface area contributed by atoms with Gasteiger partial charge in [0, 0.05) is 12.1 Å². The zero-order valence-electron chi connectivity index (χ0n) is 8.51. The number of aryl methyl sites for hydroxylation is 1. The second kappa shape index (κ2) is 4.46. The maximum absolute atomic E-state index is 12.8. The van der Waals surface area contributed by atoms with E-state index in [2.05, 4.69) is 4.98 Å². The quantitative estimate of drug-likeness (QED) is 0.508. The standard InChI is InChI=1S/C8H7ClF3N3O2/c1-3-6(15(16)17)5(8(10,11)12)4(2-13)7(9)14-3/h2,13H2,1H3. The molecule has 0 saturated carbocycles. The fourth-order valence-corrected chi connectivity index (χ4v) is 1.71. The lowest BCUT2D eigenvalue weighted by molar-refractivity contribution is -0.389. The number of rotatable bonds is 2. The van der Waals surface area contributed by atoms with Crippen molar-refractivity contribution in [3.8, 4) is 0 Å². The number of aromatic nitrogens is 1. The number of hydrogen-bond acceptors (Lipinski definition) is 4. The van der Waals surface area contributed by atoms with Crippen LogP contribution in [0, 0.1) is 17.0 Å². The molecular formula is C8H7ClF3N3O2. The molecule has 1 aromatic heterocycles. The highest BCUT2D eigenvalue weighted by molar-refractivity contribution is 6.30. The molecule has 9 heteroatoms. The summed E-state index contributed by atoms with van der Waals surface area (Å²) in [5, 5.41) is 10.2. The van der Waals surface area contributed by atoms with Crippen molar-refractivity contribution in [2.24, 2.45) is 5.73 Å². The third-order valence-electron chi connectivity index (χ3n) is 2.07. The summed E-state index contributed by atoms with van der Waals surface area (Å²) in [6.45, 7) is 0.501. The molecule has 0 radical (unpaired) electrons. The van der Waals surface area contributed by atoms with E-state index in [0.29, 0.717) is 0 Å². The molecule has 0 amide bonds. The maximum Gasteiger partial charge on any atom is 0.423 e. The van der Waals surface area contributed by atoms with Crippen LogP contribution in [-0.2, 0) is 12.7 Å². The van der Waals surface area contributed by atoms with Crippen LogP contribution in [0.2, 0.25) is 5.15 Å². The van der Waals surface area contributed by atoms with Gasteiger partial charge in [0.15, 0.2) is 0 Å². The molecule has 0 spiro atoms. The highest BCUT2D eigenvalue weighted by Gasteiger charge is 2.43. The van der Waals surface area contributed by atoms with Gasteiger partial charge in [0.05, 0.1) is 4.92 Å². The van der Waals surface area contributed by atoms with Crippen molar-refractivity contribution in [3.63, 3.8) is 0 Å². The Bertz CT molecular complexity index is 476. The SMILES string of the molecule is Cc1nc(Cl)c(CN)c(C(F)(F)F)c1[N+](=O)[O-]. The minimum absolute atomic E-state index is 0.399. The average molecular weight is 270 g/mol. The first-order chi connectivity index (χ1) is 7.70. The summed E-state index contributed by atoms with van der Waals surface area (Å²) in [6, 6.07) is 0. The number of hydrogen-bond donors (Lipinski definition) is 1. The fourth-order valence-electron chi connectivity index (χ4n) is 1.41. The predicted octanol–water partition coefficient (Wildman–Crippen LogP) is 2.43. The van der Waals surface area contributed by atoms with Crippen LogP contribution in [0.25, 0.3) is 0 Å². The molecule has 2 N–H and O–H groups in total. The molecule has 0 atom stereocenters. The predicted molar refractivity (Wildman–Crippen MR) is 53.5 cm³/mol. The molecule has 0 aliphatic carbocycles. The topological polar surface area (TPSA) is 82.0 Å². The van der Waals surface area contributed by atoms with Gasteiger partial charge >= 0.3 is 11.9 Å². The Balaban J connectivity index is 3.76. The van der Waals surface area contributed by atoms with Gasteiger partial charge in [-0.25, -0.2) is 4.98 Å². The normalized spacial score (nSPS) is 11.6. The molecule has 0 aliphatic rings. The maximum atomic E-state index is 12.8. The third kappa shape index (κ3) is 2.47. The Hall–Kier alpha value is -1.41. The Morgan fingerprint density at radius 3 is 2.41 bits per heavy atom. The van der Waals surface area contributed by atoms with Crippen molar-refractivity contribution >= 4 is 17.3 Å². The van der Waals surface area contributed by atoms with E-state index in [0.717, 1.165) is 6.92 Å². The van der Waals surface area contributed by atoms with Gasteiger partial charge in [0.1, 0.15) is 16.4 Å². The lowest BCUT2D eigenvalue weighted by Gasteiger charge is -2.14. The first kappa shape index (κ1) is 13.7. The summed E-state index contributed by atoms with van der Waals surface area (Å²) in [5.74, 6) is 0. The van der Waals surface area contributed by atoms with Gasteiger partial charge in [-0.05, 0) is 6.92 Å². The average Bonchev–Trinajstić information content (AvgIpc) is 2.14. The van der Waals surface area contributed by atoms with Crippen molar-refractivity contribution in [1.82, 2.24) is 4.98 Å². The van der Waals surface area contributed by atoms with Crippen molar-refractivity contribution in [2.45, 2.75) is 19.6 Å². The molecule has 0 fully saturated rings.